The van der Waals surface area contributed by atoms with Crippen LogP contribution < -0.4 is 15.8 Å². The Balaban J connectivity index is 2.57. The van der Waals surface area contributed by atoms with Crippen LogP contribution in [0, 0.1) is 0 Å². The maximum Gasteiger partial charge on any atom is 0.238 e. The second kappa shape index (κ2) is 7.20. The molecule has 5 nitrogen and oxygen atoms in total. The molecule has 6 heteroatoms. The van der Waals surface area contributed by atoms with Crippen LogP contribution in [0.5, 0.6) is 5.75 Å². The van der Waals surface area contributed by atoms with Crippen molar-refractivity contribution >= 4 is 23.2 Å². The van der Waals surface area contributed by atoms with E-state index < -0.39 is 0 Å². The molecule has 1 rings (SSSR count). The Morgan fingerprint density at radius 3 is 2.83 bits per heavy atom. The first-order valence-corrected chi connectivity index (χ1v) is 5.96. The van der Waals surface area contributed by atoms with Gasteiger partial charge in [-0.15, -0.1) is 0 Å². The molecule has 0 fully saturated rings. The van der Waals surface area contributed by atoms with E-state index in [1.807, 2.05) is 11.9 Å². The summed E-state index contributed by atoms with van der Waals surface area (Å²) in [5.41, 5.74) is 6.05. The van der Waals surface area contributed by atoms with E-state index in [0.29, 0.717) is 36.1 Å². The second-order valence-electron chi connectivity index (χ2n) is 3.92. The highest BCUT2D eigenvalue weighted by Crippen LogP contribution is 2.27. The van der Waals surface area contributed by atoms with Gasteiger partial charge in [0.05, 0.1) is 18.7 Å². The smallest absolute Gasteiger partial charge is 0.238 e. The van der Waals surface area contributed by atoms with Crippen molar-refractivity contribution in [3.05, 3.63) is 23.2 Å². The van der Waals surface area contributed by atoms with Gasteiger partial charge in [0.2, 0.25) is 5.91 Å². The highest BCUT2D eigenvalue weighted by atomic mass is 35.5. The lowest BCUT2D eigenvalue weighted by molar-refractivity contribution is -0.117. The average molecular weight is 272 g/mol. The van der Waals surface area contributed by atoms with Gasteiger partial charge in [-0.3, -0.25) is 9.69 Å². The number of ether oxygens (including phenoxy) is 1. The number of amides is 1. The SMILES string of the molecule is COc1ccc(NC(=O)CN(C)CCN)cc1Cl. The molecular formula is C12H18ClN3O2. The van der Waals surface area contributed by atoms with E-state index in [1.54, 1.807) is 25.3 Å². The minimum absolute atomic E-state index is 0.104. The number of carbonyl (C=O) groups excluding carboxylic acids is 1. The van der Waals surface area contributed by atoms with Crippen LogP contribution in [-0.4, -0.2) is 44.6 Å². The molecule has 0 unspecified atom stereocenters. The average Bonchev–Trinajstić information content (AvgIpc) is 2.29. The van der Waals surface area contributed by atoms with Crippen LogP contribution in [0.3, 0.4) is 0 Å². The molecule has 0 bridgehead atoms. The summed E-state index contributed by atoms with van der Waals surface area (Å²) in [6, 6.07) is 5.11. The maximum absolute atomic E-state index is 11.7. The van der Waals surface area contributed by atoms with Gasteiger partial charge in [-0.2, -0.15) is 0 Å². The third-order valence-corrected chi connectivity index (χ3v) is 2.66. The lowest BCUT2D eigenvalue weighted by atomic mass is 10.3. The summed E-state index contributed by atoms with van der Waals surface area (Å²) in [5.74, 6) is 0.474. The predicted molar refractivity (Wildman–Crippen MR) is 73.2 cm³/mol. The van der Waals surface area contributed by atoms with Gasteiger partial charge in [0.15, 0.2) is 0 Å². The molecule has 0 radical (unpaired) electrons. The van der Waals surface area contributed by atoms with Crippen LogP contribution in [0.1, 0.15) is 0 Å². The van der Waals surface area contributed by atoms with Gasteiger partial charge in [0.25, 0.3) is 0 Å². The molecule has 0 aliphatic rings. The van der Waals surface area contributed by atoms with Crippen molar-refractivity contribution < 1.29 is 9.53 Å². The van der Waals surface area contributed by atoms with Crippen molar-refractivity contribution in [3.8, 4) is 5.75 Å². The summed E-state index contributed by atoms with van der Waals surface area (Å²) in [7, 11) is 3.38. The number of rotatable bonds is 6. The standard InChI is InChI=1S/C12H18ClN3O2/c1-16(6-5-14)8-12(17)15-9-3-4-11(18-2)10(13)7-9/h3-4,7H,5-6,8,14H2,1-2H3,(H,15,17). The first kappa shape index (κ1) is 14.8. The minimum Gasteiger partial charge on any atom is -0.495 e. The van der Waals surface area contributed by atoms with Gasteiger partial charge in [0.1, 0.15) is 5.75 Å². The molecule has 0 aliphatic heterocycles. The number of hydrogen-bond donors (Lipinski definition) is 2. The van der Waals surface area contributed by atoms with E-state index in [-0.39, 0.29) is 5.91 Å². The Morgan fingerprint density at radius 1 is 1.56 bits per heavy atom. The van der Waals surface area contributed by atoms with Crippen LogP contribution in [0.2, 0.25) is 5.02 Å². The lowest BCUT2D eigenvalue weighted by Gasteiger charge is -2.15. The van der Waals surface area contributed by atoms with Gasteiger partial charge < -0.3 is 15.8 Å². The van der Waals surface area contributed by atoms with Gasteiger partial charge >= 0.3 is 0 Å². The van der Waals surface area contributed by atoms with Crippen LogP contribution in [-0.2, 0) is 4.79 Å². The fourth-order valence-electron chi connectivity index (χ4n) is 1.49. The zero-order valence-corrected chi connectivity index (χ0v) is 11.3. The summed E-state index contributed by atoms with van der Waals surface area (Å²) in [6.45, 7) is 1.50. The Kier molecular flexibility index (Phi) is 5.91. The van der Waals surface area contributed by atoms with Crippen LogP contribution in [0.4, 0.5) is 5.69 Å². The molecule has 100 valence electrons. The number of carbonyl (C=O) groups is 1. The van der Waals surface area contributed by atoms with Crippen LogP contribution >= 0.6 is 11.6 Å². The number of nitrogens with zero attached hydrogens (tertiary/aromatic N) is 1. The number of hydrogen-bond acceptors (Lipinski definition) is 4. The normalized spacial score (nSPS) is 10.5. The van der Waals surface area contributed by atoms with Gasteiger partial charge in [-0.25, -0.2) is 0 Å². The number of methoxy groups -OCH3 is 1. The minimum atomic E-state index is -0.104. The van der Waals surface area contributed by atoms with Crippen molar-refractivity contribution in [1.82, 2.24) is 4.90 Å². The zero-order valence-electron chi connectivity index (χ0n) is 10.6. The van der Waals surface area contributed by atoms with E-state index in [1.165, 1.54) is 0 Å². The van der Waals surface area contributed by atoms with Gasteiger partial charge in [-0.05, 0) is 25.2 Å². The number of nitrogens with two attached hydrogens (primary N) is 1. The summed E-state index contributed by atoms with van der Waals surface area (Å²) >= 11 is 5.97. The van der Waals surface area contributed by atoms with E-state index >= 15 is 0 Å². The number of nitrogens with one attached hydrogen (secondary N) is 1. The molecule has 0 atom stereocenters. The van der Waals surface area contributed by atoms with E-state index in [0.717, 1.165) is 0 Å². The summed E-state index contributed by atoms with van der Waals surface area (Å²) in [6.07, 6.45) is 0. The van der Waals surface area contributed by atoms with Crippen molar-refractivity contribution in [2.75, 3.05) is 39.1 Å². The third-order valence-electron chi connectivity index (χ3n) is 2.36. The topological polar surface area (TPSA) is 67.6 Å². The van der Waals surface area contributed by atoms with Crippen LogP contribution in [0.25, 0.3) is 0 Å². The van der Waals surface area contributed by atoms with Crippen molar-refractivity contribution in [2.45, 2.75) is 0 Å². The second-order valence-corrected chi connectivity index (χ2v) is 4.33. The van der Waals surface area contributed by atoms with Crippen molar-refractivity contribution in [1.29, 1.82) is 0 Å². The fourth-order valence-corrected chi connectivity index (χ4v) is 1.75. The molecule has 0 aromatic heterocycles. The quantitative estimate of drug-likeness (QED) is 0.815. The van der Waals surface area contributed by atoms with Gasteiger partial charge in [-0.1, -0.05) is 11.6 Å². The summed E-state index contributed by atoms with van der Waals surface area (Å²) < 4.78 is 5.03. The van der Waals surface area contributed by atoms with E-state index in [9.17, 15) is 4.79 Å². The van der Waals surface area contributed by atoms with Gasteiger partial charge in [0, 0.05) is 18.8 Å². The Bertz CT molecular complexity index is 412. The third kappa shape index (κ3) is 4.52. The van der Waals surface area contributed by atoms with Crippen LogP contribution in [0.15, 0.2) is 18.2 Å². The molecule has 0 heterocycles. The van der Waals surface area contributed by atoms with Crippen molar-refractivity contribution in [3.63, 3.8) is 0 Å². The summed E-state index contributed by atoms with van der Waals surface area (Å²) in [5, 5.41) is 3.23. The molecular weight excluding hydrogens is 254 g/mol. The van der Waals surface area contributed by atoms with E-state index in [2.05, 4.69) is 5.32 Å². The predicted octanol–water partition coefficient (Wildman–Crippen LogP) is 1.18. The Morgan fingerprint density at radius 2 is 2.28 bits per heavy atom. The maximum atomic E-state index is 11.7. The summed E-state index contributed by atoms with van der Waals surface area (Å²) in [4.78, 5) is 13.5. The van der Waals surface area contributed by atoms with E-state index in [4.69, 9.17) is 22.1 Å². The molecule has 3 N–H and O–H groups in total. The monoisotopic (exact) mass is 271 g/mol. The number of likely N-dealkylation sites (N-methyl/N-ethyl adjacent to an activating group) is 1. The molecule has 0 spiro atoms. The first-order chi connectivity index (χ1) is 8.56. The first-order valence-electron chi connectivity index (χ1n) is 5.58. The molecule has 0 aliphatic carbocycles. The lowest BCUT2D eigenvalue weighted by Crippen LogP contribution is -2.33. The molecule has 0 saturated heterocycles. The Hall–Kier alpha value is -1.30. The Labute approximate surface area is 112 Å². The largest absolute Gasteiger partial charge is 0.495 e. The molecule has 1 aromatic carbocycles. The molecule has 1 aromatic rings. The number of benzene rings is 1. The van der Waals surface area contributed by atoms with Crippen molar-refractivity contribution in [2.24, 2.45) is 5.73 Å². The number of anilines is 1. The highest BCUT2D eigenvalue weighted by Gasteiger charge is 2.07. The fraction of sp³-hybridized carbons (Fsp3) is 0.417. The number of halogens is 1. The molecule has 18 heavy (non-hydrogen) atoms. The highest BCUT2D eigenvalue weighted by molar-refractivity contribution is 6.32. The molecule has 1 amide bonds. The zero-order chi connectivity index (χ0) is 13.5. The molecule has 0 saturated carbocycles.